The summed E-state index contributed by atoms with van der Waals surface area (Å²) in [5.41, 5.74) is 1.45. The van der Waals surface area contributed by atoms with Crippen molar-refractivity contribution in [2.24, 2.45) is 7.05 Å². The van der Waals surface area contributed by atoms with Gasteiger partial charge < -0.3 is 5.11 Å². The third-order valence-electron chi connectivity index (χ3n) is 2.55. The maximum absolute atomic E-state index is 13.2. The highest BCUT2D eigenvalue weighted by atomic mass is 79.9. The maximum Gasteiger partial charge on any atom is 0.124 e. The third-order valence-corrected chi connectivity index (χ3v) is 3.01. The maximum atomic E-state index is 13.2. The predicted octanol–water partition coefficient (Wildman–Crippen LogP) is 2.60. The number of aromatic nitrogens is 2. The Kier molecular flexibility index (Phi) is 3.59. The number of hydrogen-bond acceptors (Lipinski definition) is 2. The average molecular weight is 299 g/mol. The summed E-state index contributed by atoms with van der Waals surface area (Å²) in [4.78, 5) is 0. The van der Waals surface area contributed by atoms with Crippen molar-refractivity contribution in [3.05, 3.63) is 52.0 Å². The summed E-state index contributed by atoms with van der Waals surface area (Å²) in [6, 6.07) is 6.35. The first-order valence-corrected chi connectivity index (χ1v) is 5.96. The van der Waals surface area contributed by atoms with Gasteiger partial charge >= 0.3 is 0 Å². The molecule has 2 rings (SSSR count). The van der Waals surface area contributed by atoms with Gasteiger partial charge in [0.2, 0.25) is 0 Å². The first kappa shape index (κ1) is 12.3. The Bertz CT molecular complexity index is 507. The fourth-order valence-corrected chi connectivity index (χ4v) is 2.28. The molecule has 1 heterocycles. The molecule has 1 aromatic carbocycles. The van der Waals surface area contributed by atoms with Crippen LogP contribution in [0, 0.1) is 5.82 Å². The molecule has 0 spiro atoms. The minimum absolute atomic E-state index is 0.313. The van der Waals surface area contributed by atoms with Crippen LogP contribution in [-0.2, 0) is 13.5 Å². The summed E-state index contributed by atoms with van der Waals surface area (Å²) in [6.07, 6.45) is 1.30. The van der Waals surface area contributed by atoms with Crippen molar-refractivity contribution >= 4 is 15.9 Å². The van der Waals surface area contributed by atoms with Crippen molar-refractivity contribution in [3.8, 4) is 0 Å². The van der Waals surface area contributed by atoms with E-state index in [0.717, 1.165) is 5.56 Å². The van der Waals surface area contributed by atoms with Crippen LogP contribution in [0.1, 0.15) is 17.4 Å². The molecule has 2 aromatic rings. The fourth-order valence-electron chi connectivity index (χ4n) is 1.77. The molecule has 1 N–H and O–H groups in total. The molecule has 0 aliphatic heterocycles. The van der Waals surface area contributed by atoms with Gasteiger partial charge in [-0.1, -0.05) is 15.9 Å². The van der Waals surface area contributed by atoms with Crippen LogP contribution in [0.2, 0.25) is 0 Å². The highest BCUT2D eigenvalue weighted by molar-refractivity contribution is 9.10. The van der Waals surface area contributed by atoms with Crippen LogP contribution in [0.5, 0.6) is 0 Å². The normalized spacial score (nSPS) is 12.7. The van der Waals surface area contributed by atoms with E-state index in [4.69, 9.17) is 0 Å². The molecule has 3 nitrogen and oxygen atoms in total. The molecule has 0 aliphatic rings. The molecular formula is C12H12BrFN2O. The van der Waals surface area contributed by atoms with E-state index in [-0.39, 0.29) is 5.82 Å². The number of aliphatic hydroxyl groups excluding tert-OH is 1. The van der Waals surface area contributed by atoms with E-state index in [1.807, 2.05) is 0 Å². The van der Waals surface area contributed by atoms with Gasteiger partial charge in [0.25, 0.3) is 0 Å². The highest BCUT2D eigenvalue weighted by Gasteiger charge is 2.13. The second-order valence-electron chi connectivity index (χ2n) is 3.88. The number of nitrogens with zero attached hydrogens (tertiary/aromatic N) is 2. The van der Waals surface area contributed by atoms with E-state index in [1.165, 1.54) is 12.1 Å². The van der Waals surface area contributed by atoms with Crippen LogP contribution in [0.15, 0.2) is 34.9 Å². The number of hydrogen-bond donors (Lipinski definition) is 1. The Morgan fingerprint density at radius 1 is 1.47 bits per heavy atom. The molecule has 0 radical (unpaired) electrons. The molecule has 0 amide bonds. The first-order chi connectivity index (χ1) is 8.06. The van der Waals surface area contributed by atoms with E-state index < -0.39 is 6.10 Å². The Morgan fingerprint density at radius 3 is 2.82 bits per heavy atom. The number of aliphatic hydroxyl groups is 1. The molecule has 0 aliphatic carbocycles. The minimum atomic E-state index is -0.684. The molecule has 0 saturated heterocycles. The molecule has 1 aromatic heterocycles. The summed E-state index contributed by atoms with van der Waals surface area (Å²) in [5, 5.41) is 14.0. The molecule has 0 bridgehead atoms. The van der Waals surface area contributed by atoms with Gasteiger partial charge in [0, 0.05) is 24.1 Å². The predicted molar refractivity (Wildman–Crippen MR) is 66.0 cm³/mol. The van der Waals surface area contributed by atoms with Crippen molar-refractivity contribution < 1.29 is 9.50 Å². The van der Waals surface area contributed by atoms with Gasteiger partial charge in [0.05, 0.1) is 11.8 Å². The zero-order valence-electron chi connectivity index (χ0n) is 9.27. The smallest absolute Gasteiger partial charge is 0.124 e. The van der Waals surface area contributed by atoms with Crippen molar-refractivity contribution in [1.29, 1.82) is 0 Å². The summed E-state index contributed by atoms with van der Waals surface area (Å²) < 4.78 is 15.5. The molecular weight excluding hydrogens is 287 g/mol. The van der Waals surface area contributed by atoms with Crippen LogP contribution < -0.4 is 0 Å². The van der Waals surface area contributed by atoms with Crippen molar-refractivity contribution in [2.75, 3.05) is 0 Å². The van der Waals surface area contributed by atoms with Crippen LogP contribution in [0.25, 0.3) is 0 Å². The molecule has 17 heavy (non-hydrogen) atoms. The van der Waals surface area contributed by atoms with Gasteiger partial charge in [-0.05, 0) is 29.8 Å². The Balaban J connectivity index is 2.18. The van der Waals surface area contributed by atoms with Gasteiger partial charge in [-0.25, -0.2) is 4.39 Å². The topological polar surface area (TPSA) is 38.0 Å². The minimum Gasteiger partial charge on any atom is -0.386 e. The lowest BCUT2D eigenvalue weighted by atomic mass is 10.1. The quantitative estimate of drug-likeness (QED) is 0.946. The van der Waals surface area contributed by atoms with Crippen LogP contribution in [-0.4, -0.2) is 14.9 Å². The largest absolute Gasteiger partial charge is 0.386 e. The standard InChI is InChI=1S/C12H12BrFN2O/c1-16-11(2-3-15-16)12(17)6-8-4-9(13)7-10(14)5-8/h2-5,7,12,17H,6H2,1H3. The van der Waals surface area contributed by atoms with Gasteiger partial charge in [0.15, 0.2) is 0 Å². The van der Waals surface area contributed by atoms with Crippen LogP contribution in [0.3, 0.4) is 0 Å². The van der Waals surface area contributed by atoms with Gasteiger partial charge in [-0.3, -0.25) is 4.68 Å². The number of rotatable bonds is 3. The Morgan fingerprint density at radius 2 is 2.24 bits per heavy atom. The molecule has 0 fully saturated rings. The molecule has 1 unspecified atom stereocenters. The second kappa shape index (κ2) is 4.98. The third kappa shape index (κ3) is 2.92. The van der Waals surface area contributed by atoms with Gasteiger partial charge in [-0.15, -0.1) is 0 Å². The summed E-state index contributed by atoms with van der Waals surface area (Å²) in [6.45, 7) is 0. The fraction of sp³-hybridized carbons (Fsp3) is 0.250. The zero-order valence-corrected chi connectivity index (χ0v) is 10.9. The second-order valence-corrected chi connectivity index (χ2v) is 4.79. The average Bonchev–Trinajstić information content (AvgIpc) is 2.62. The van der Waals surface area contributed by atoms with Gasteiger partial charge in [0.1, 0.15) is 5.82 Å². The lowest BCUT2D eigenvalue weighted by Crippen LogP contribution is -2.08. The monoisotopic (exact) mass is 298 g/mol. The highest BCUT2D eigenvalue weighted by Crippen LogP contribution is 2.21. The van der Waals surface area contributed by atoms with E-state index in [1.54, 1.807) is 30.1 Å². The SMILES string of the molecule is Cn1nccc1C(O)Cc1cc(F)cc(Br)c1. The summed E-state index contributed by atoms with van der Waals surface area (Å²) in [5.74, 6) is -0.313. The first-order valence-electron chi connectivity index (χ1n) is 5.17. The van der Waals surface area contributed by atoms with E-state index in [9.17, 15) is 9.50 Å². The zero-order chi connectivity index (χ0) is 12.4. The van der Waals surface area contributed by atoms with Crippen molar-refractivity contribution in [3.63, 3.8) is 0 Å². The van der Waals surface area contributed by atoms with E-state index in [2.05, 4.69) is 21.0 Å². The number of aryl methyl sites for hydroxylation is 1. The number of halogens is 2. The van der Waals surface area contributed by atoms with Crippen LogP contribution in [0.4, 0.5) is 4.39 Å². The van der Waals surface area contributed by atoms with E-state index in [0.29, 0.717) is 16.6 Å². The lowest BCUT2D eigenvalue weighted by Gasteiger charge is -2.11. The van der Waals surface area contributed by atoms with E-state index >= 15 is 0 Å². The molecule has 5 heteroatoms. The lowest BCUT2D eigenvalue weighted by molar-refractivity contribution is 0.168. The van der Waals surface area contributed by atoms with Crippen molar-refractivity contribution in [1.82, 2.24) is 9.78 Å². The van der Waals surface area contributed by atoms with Crippen molar-refractivity contribution in [2.45, 2.75) is 12.5 Å². The molecule has 90 valence electrons. The Labute approximate surface area is 107 Å². The molecule has 1 atom stereocenters. The summed E-state index contributed by atoms with van der Waals surface area (Å²) >= 11 is 3.23. The summed E-state index contributed by atoms with van der Waals surface area (Å²) in [7, 11) is 1.76. The number of benzene rings is 1. The van der Waals surface area contributed by atoms with Gasteiger partial charge in [-0.2, -0.15) is 5.10 Å². The molecule has 0 saturated carbocycles. The Hall–Kier alpha value is -1.20. The van der Waals surface area contributed by atoms with Crippen LogP contribution >= 0.6 is 15.9 Å².